The Hall–Kier alpha value is -0.0800. The summed E-state index contributed by atoms with van der Waals surface area (Å²) < 4.78 is 0. The van der Waals surface area contributed by atoms with Gasteiger partial charge in [0, 0.05) is 0 Å². The summed E-state index contributed by atoms with van der Waals surface area (Å²) in [5.74, 6) is 0. The third kappa shape index (κ3) is 7.92. The van der Waals surface area contributed by atoms with Gasteiger partial charge in [0.25, 0.3) is 0 Å². The lowest BCUT2D eigenvalue weighted by Crippen LogP contribution is -2.17. The Labute approximate surface area is 64.4 Å². The minimum Gasteiger partial charge on any atom is -0.320 e. The van der Waals surface area contributed by atoms with Gasteiger partial charge in [0.05, 0.1) is 0 Å². The lowest BCUT2D eigenvalue weighted by molar-refractivity contribution is 0.601. The first-order chi connectivity index (χ1) is 4.91. The molecule has 0 atom stereocenters. The highest BCUT2D eigenvalue weighted by molar-refractivity contribution is 4.47. The van der Waals surface area contributed by atoms with E-state index in [4.69, 9.17) is 0 Å². The Bertz CT molecular complexity index is 47.2. The van der Waals surface area contributed by atoms with E-state index in [9.17, 15) is 0 Å². The van der Waals surface area contributed by atoms with Crippen LogP contribution in [0, 0.1) is 0 Å². The van der Waals surface area contributed by atoms with Crippen LogP contribution in [0.15, 0.2) is 0 Å². The van der Waals surface area contributed by atoms with Gasteiger partial charge in [-0.25, -0.2) is 0 Å². The number of unbranched alkanes of at least 4 members (excludes halogenated alkanes) is 1. The first-order valence-corrected chi connectivity index (χ1v) is 4.27. The topological polar surface area (TPSA) is 24.1 Å². The molecule has 0 saturated carbocycles. The average molecular weight is 144 g/mol. The van der Waals surface area contributed by atoms with Crippen LogP contribution in [0.4, 0.5) is 0 Å². The molecule has 10 heavy (non-hydrogen) atoms. The molecule has 2 heteroatoms. The molecule has 0 heterocycles. The van der Waals surface area contributed by atoms with Crippen LogP contribution >= 0.6 is 0 Å². The van der Waals surface area contributed by atoms with E-state index in [1.165, 1.54) is 32.4 Å². The molecule has 62 valence electrons. The van der Waals surface area contributed by atoms with Crippen molar-refractivity contribution in [3.8, 4) is 0 Å². The fraction of sp³-hybridized carbons (Fsp3) is 1.00. The first-order valence-electron chi connectivity index (χ1n) is 4.27. The van der Waals surface area contributed by atoms with E-state index < -0.39 is 0 Å². The summed E-state index contributed by atoms with van der Waals surface area (Å²) in [5.41, 5.74) is 0. The summed E-state index contributed by atoms with van der Waals surface area (Å²) in [4.78, 5) is 0. The Morgan fingerprint density at radius 1 is 1.00 bits per heavy atom. The van der Waals surface area contributed by atoms with Crippen LogP contribution in [0.2, 0.25) is 0 Å². The zero-order valence-corrected chi connectivity index (χ0v) is 7.24. The van der Waals surface area contributed by atoms with E-state index in [0.717, 1.165) is 6.54 Å². The highest BCUT2D eigenvalue weighted by Gasteiger charge is 1.85. The van der Waals surface area contributed by atoms with Gasteiger partial charge in [0.1, 0.15) is 0 Å². The van der Waals surface area contributed by atoms with E-state index in [0.29, 0.717) is 0 Å². The third-order valence-electron chi connectivity index (χ3n) is 1.46. The van der Waals surface area contributed by atoms with Crippen molar-refractivity contribution >= 4 is 0 Å². The second-order valence-electron chi connectivity index (χ2n) is 2.56. The quantitative estimate of drug-likeness (QED) is 0.521. The molecule has 0 fully saturated rings. The molecular weight excluding hydrogens is 124 g/mol. The van der Waals surface area contributed by atoms with E-state index in [1.54, 1.807) is 0 Å². The van der Waals surface area contributed by atoms with Crippen molar-refractivity contribution in [2.24, 2.45) is 0 Å². The van der Waals surface area contributed by atoms with Gasteiger partial charge < -0.3 is 10.6 Å². The SMILES string of the molecule is CCCNCCCCNC. The zero-order chi connectivity index (χ0) is 7.66. The summed E-state index contributed by atoms with van der Waals surface area (Å²) in [6.45, 7) is 5.68. The monoisotopic (exact) mass is 144 g/mol. The molecule has 0 aromatic rings. The Morgan fingerprint density at radius 3 is 2.30 bits per heavy atom. The van der Waals surface area contributed by atoms with E-state index in [2.05, 4.69) is 17.6 Å². The van der Waals surface area contributed by atoms with Crippen LogP contribution in [0.25, 0.3) is 0 Å². The molecule has 2 nitrogen and oxygen atoms in total. The average Bonchev–Trinajstić information content (AvgIpc) is 1.97. The van der Waals surface area contributed by atoms with Crippen molar-refractivity contribution in [1.29, 1.82) is 0 Å². The lowest BCUT2D eigenvalue weighted by Gasteiger charge is -2.01. The number of hydrogen-bond acceptors (Lipinski definition) is 2. The summed E-state index contributed by atoms with van der Waals surface area (Å²) in [7, 11) is 2.00. The minimum absolute atomic E-state index is 1.15. The molecule has 0 spiro atoms. The van der Waals surface area contributed by atoms with Gasteiger partial charge in [-0.15, -0.1) is 0 Å². The van der Waals surface area contributed by atoms with Crippen LogP contribution in [0.1, 0.15) is 26.2 Å². The van der Waals surface area contributed by atoms with Crippen molar-refractivity contribution in [3.63, 3.8) is 0 Å². The van der Waals surface area contributed by atoms with Crippen LogP contribution in [-0.2, 0) is 0 Å². The highest BCUT2D eigenvalue weighted by atomic mass is 14.8. The van der Waals surface area contributed by atoms with Crippen molar-refractivity contribution in [2.45, 2.75) is 26.2 Å². The molecular formula is C8H20N2. The molecule has 0 aliphatic rings. The van der Waals surface area contributed by atoms with Crippen LogP contribution in [0.3, 0.4) is 0 Å². The maximum atomic E-state index is 3.37. The molecule has 0 aliphatic carbocycles. The van der Waals surface area contributed by atoms with Gasteiger partial charge >= 0.3 is 0 Å². The van der Waals surface area contributed by atoms with Gasteiger partial charge in [0.2, 0.25) is 0 Å². The summed E-state index contributed by atoms with van der Waals surface area (Å²) in [6.07, 6.45) is 3.82. The second kappa shape index (κ2) is 8.92. The van der Waals surface area contributed by atoms with Gasteiger partial charge in [-0.2, -0.15) is 0 Å². The third-order valence-corrected chi connectivity index (χ3v) is 1.46. The second-order valence-corrected chi connectivity index (χ2v) is 2.56. The van der Waals surface area contributed by atoms with Crippen molar-refractivity contribution < 1.29 is 0 Å². The Morgan fingerprint density at radius 2 is 1.70 bits per heavy atom. The maximum Gasteiger partial charge on any atom is -0.00484 e. The predicted molar refractivity (Wildman–Crippen MR) is 46.3 cm³/mol. The smallest absolute Gasteiger partial charge is 0.00484 e. The van der Waals surface area contributed by atoms with Gasteiger partial charge in [-0.1, -0.05) is 6.92 Å². The zero-order valence-electron chi connectivity index (χ0n) is 7.24. The summed E-state index contributed by atoms with van der Waals surface area (Å²) in [5, 5.41) is 6.50. The lowest BCUT2D eigenvalue weighted by atomic mass is 10.3. The Balaban J connectivity index is 2.65. The number of hydrogen-bond donors (Lipinski definition) is 2. The molecule has 0 radical (unpaired) electrons. The molecule has 2 N–H and O–H groups in total. The van der Waals surface area contributed by atoms with Crippen LogP contribution < -0.4 is 10.6 Å². The molecule has 0 aromatic carbocycles. The van der Waals surface area contributed by atoms with E-state index >= 15 is 0 Å². The molecule has 0 amide bonds. The normalized spacial score (nSPS) is 10.2. The fourth-order valence-electron chi connectivity index (χ4n) is 0.854. The molecule has 0 unspecified atom stereocenters. The summed E-state index contributed by atoms with van der Waals surface area (Å²) in [6, 6.07) is 0. The van der Waals surface area contributed by atoms with Crippen molar-refractivity contribution in [3.05, 3.63) is 0 Å². The predicted octanol–water partition coefficient (Wildman–Crippen LogP) is 0.986. The van der Waals surface area contributed by atoms with Gasteiger partial charge in [-0.05, 0) is 45.9 Å². The minimum atomic E-state index is 1.15. The molecule has 0 rings (SSSR count). The van der Waals surface area contributed by atoms with E-state index in [1.807, 2.05) is 7.05 Å². The van der Waals surface area contributed by atoms with Crippen LogP contribution in [0.5, 0.6) is 0 Å². The van der Waals surface area contributed by atoms with E-state index in [-0.39, 0.29) is 0 Å². The highest BCUT2D eigenvalue weighted by Crippen LogP contribution is 1.83. The Kier molecular flexibility index (Phi) is 8.85. The molecule has 0 saturated heterocycles. The van der Waals surface area contributed by atoms with Crippen LogP contribution in [-0.4, -0.2) is 26.7 Å². The number of nitrogens with one attached hydrogen (secondary N) is 2. The largest absolute Gasteiger partial charge is 0.320 e. The maximum absolute atomic E-state index is 3.37. The molecule has 0 aliphatic heterocycles. The summed E-state index contributed by atoms with van der Waals surface area (Å²) >= 11 is 0. The van der Waals surface area contributed by atoms with Gasteiger partial charge in [-0.3, -0.25) is 0 Å². The standard InChI is InChI=1S/C8H20N2/c1-3-6-10-8-5-4-7-9-2/h9-10H,3-8H2,1-2H3. The fourth-order valence-corrected chi connectivity index (χ4v) is 0.854. The molecule has 0 aromatic heterocycles. The van der Waals surface area contributed by atoms with Crippen molar-refractivity contribution in [1.82, 2.24) is 10.6 Å². The van der Waals surface area contributed by atoms with Crippen molar-refractivity contribution in [2.75, 3.05) is 26.7 Å². The van der Waals surface area contributed by atoms with Gasteiger partial charge in [0.15, 0.2) is 0 Å². The number of rotatable bonds is 7. The first kappa shape index (κ1) is 9.92. The molecule has 0 bridgehead atoms.